The summed E-state index contributed by atoms with van der Waals surface area (Å²) in [6.07, 6.45) is -4.51. The summed E-state index contributed by atoms with van der Waals surface area (Å²) < 4.78 is 37.5. The molecule has 0 saturated heterocycles. The maximum Gasteiger partial charge on any atom is 0.416 e. The van der Waals surface area contributed by atoms with Crippen LogP contribution in [0.1, 0.15) is 12.5 Å². The molecular formula is C12H13F3N2O3. The molecule has 0 spiro atoms. The Hall–Kier alpha value is -2.25. The van der Waals surface area contributed by atoms with Crippen LogP contribution < -0.4 is 5.32 Å². The minimum Gasteiger partial charge on any atom is -0.480 e. The van der Waals surface area contributed by atoms with Crippen molar-refractivity contribution < 1.29 is 27.9 Å². The molecule has 20 heavy (non-hydrogen) atoms. The molecule has 8 heteroatoms. The number of carboxylic acids is 1. The van der Waals surface area contributed by atoms with E-state index in [1.165, 1.54) is 20.0 Å². The van der Waals surface area contributed by atoms with E-state index >= 15 is 0 Å². The summed E-state index contributed by atoms with van der Waals surface area (Å²) in [7, 11) is 1.24. The van der Waals surface area contributed by atoms with Crippen LogP contribution in [0.4, 0.5) is 23.7 Å². The van der Waals surface area contributed by atoms with Gasteiger partial charge in [-0.1, -0.05) is 6.07 Å². The molecule has 1 rings (SSSR count). The number of rotatable bonds is 3. The monoisotopic (exact) mass is 290 g/mol. The number of halogens is 3. The van der Waals surface area contributed by atoms with Crippen molar-refractivity contribution in [3.8, 4) is 0 Å². The first-order chi connectivity index (χ1) is 9.12. The van der Waals surface area contributed by atoms with E-state index in [9.17, 15) is 22.8 Å². The van der Waals surface area contributed by atoms with E-state index in [2.05, 4.69) is 5.32 Å². The molecular weight excluding hydrogens is 277 g/mol. The Bertz CT molecular complexity index is 517. The van der Waals surface area contributed by atoms with Crippen LogP contribution >= 0.6 is 0 Å². The highest BCUT2D eigenvalue weighted by molar-refractivity contribution is 5.92. The predicted octanol–water partition coefficient (Wildman–Crippen LogP) is 2.64. The number of alkyl halides is 3. The quantitative estimate of drug-likeness (QED) is 0.899. The number of carbonyl (C=O) groups excluding carboxylic acids is 1. The summed E-state index contributed by atoms with van der Waals surface area (Å²) in [5.74, 6) is -1.22. The minimum atomic E-state index is -4.51. The molecule has 1 atom stereocenters. The van der Waals surface area contributed by atoms with Crippen molar-refractivity contribution in [3.63, 3.8) is 0 Å². The number of urea groups is 1. The second-order valence-corrected chi connectivity index (χ2v) is 4.13. The Balaban J connectivity index is 2.84. The third kappa shape index (κ3) is 3.87. The summed E-state index contributed by atoms with van der Waals surface area (Å²) in [5.41, 5.74) is -0.960. The van der Waals surface area contributed by atoms with Crippen LogP contribution in [0, 0.1) is 0 Å². The van der Waals surface area contributed by atoms with Crippen LogP contribution in [0.3, 0.4) is 0 Å². The molecule has 1 aromatic rings. The molecule has 1 aromatic carbocycles. The Morgan fingerprint density at radius 1 is 1.35 bits per heavy atom. The van der Waals surface area contributed by atoms with Crippen molar-refractivity contribution >= 4 is 17.7 Å². The number of amides is 2. The highest BCUT2D eigenvalue weighted by Gasteiger charge is 2.30. The number of nitrogens with zero attached hydrogens (tertiary/aromatic N) is 1. The van der Waals surface area contributed by atoms with Gasteiger partial charge in [-0.05, 0) is 25.1 Å². The number of anilines is 1. The Kier molecular flexibility index (Phi) is 4.59. The second-order valence-electron chi connectivity index (χ2n) is 4.13. The molecule has 0 aliphatic heterocycles. The van der Waals surface area contributed by atoms with Gasteiger partial charge in [-0.25, -0.2) is 9.59 Å². The van der Waals surface area contributed by atoms with E-state index in [0.717, 1.165) is 23.1 Å². The van der Waals surface area contributed by atoms with E-state index in [1.807, 2.05) is 0 Å². The van der Waals surface area contributed by atoms with Gasteiger partial charge in [0.15, 0.2) is 0 Å². The second kappa shape index (κ2) is 5.81. The number of hydrogen-bond acceptors (Lipinski definition) is 2. The molecule has 0 fully saturated rings. The van der Waals surface area contributed by atoms with Crippen molar-refractivity contribution in [2.75, 3.05) is 12.4 Å². The summed E-state index contributed by atoms with van der Waals surface area (Å²) in [6.45, 7) is 1.29. The zero-order chi connectivity index (χ0) is 15.5. The molecule has 0 radical (unpaired) electrons. The van der Waals surface area contributed by atoms with Crippen molar-refractivity contribution in [2.45, 2.75) is 19.1 Å². The van der Waals surface area contributed by atoms with Crippen LogP contribution in [-0.4, -0.2) is 35.1 Å². The fourth-order valence-electron chi connectivity index (χ4n) is 1.33. The summed E-state index contributed by atoms with van der Waals surface area (Å²) in [4.78, 5) is 23.3. The standard InChI is InChI=1S/C12H13F3N2O3/c1-7(10(18)19)17(2)11(20)16-9-5-3-4-8(6-9)12(13,14)15/h3-7H,1-2H3,(H,16,20)(H,18,19). The average molecular weight is 290 g/mol. The molecule has 0 saturated carbocycles. The lowest BCUT2D eigenvalue weighted by atomic mass is 10.2. The molecule has 0 heterocycles. The Morgan fingerprint density at radius 2 is 1.95 bits per heavy atom. The molecule has 2 N–H and O–H groups in total. The molecule has 110 valence electrons. The highest BCUT2D eigenvalue weighted by atomic mass is 19.4. The molecule has 0 aromatic heterocycles. The number of likely N-dealkylation sites (N-methyl/N-ethyl adjacent to an activating group) is 1. The van der Waals surface area contributed by atoms with E-state index < -0.39 is 29.8 Å². The van der Waals surface area contributed by atoms with E-state index in [0.29, 0.717) is 0 Å². The maximum absolute atomic E-state index is 12.5. The van der Waals surface area contributed by atoms with Gasteiger partial charge < -0.3 is 15.3 Å². The van der Waals surface area contributed by atoms with Gasteiger partial charge in [-0.15, -0.1) is 0 Å². The average Bonchev–Trinajstić information content (AvgIpc) is 2.36. The topological polar surface area (TPSA) is 69.6 Å². The molecule has 1 unspecified atom stereocenters. The summed E-state index contributed by atoms with van der Waals surface area (Å²) >= 11 is 0. The van der Waals surface area contributed by atoms with Crippen LogP contribution in [0.2, 0.25) is 0 Å². The molecule has 5 nitrogen and oxygen atoms in total. The maximum atomic E-state index is 12.5. The number of hydrogen-bond donors (Lipinski definition) is 2. The third-order valence-corrected chi connectivity index (χ3v) is 2.70. The van der Waals surface area contributed by atoms with Crippen LogP contribution in [0.25, 0.3) is 0 Å². The number of carboxylic acid groups (broad SMARTS) is 1. The van der Waals surface area contributed by atoms with Crippen molar-refractivity contribution in [3.05, 3.63) is 29.8 Å². The van der Waals surface area contributed by atoms with E-state index in [-0.39, 0.29) is 5.69 Å². The minimum absolute atomic E-state index is 0.0609. The number of nitrogens with one attached hydrogen (secondary N) is 1. The molecule has 0 bridgehead atoms. The van der Waals surface area contributed by atoms with Gasteiger partial charge in [0.2, 0.25) is 0 Å². The number of carbonyl (C=O) groups is 2. The smallest absolute Gasteiger partial charge is 0.416 e. The summed E-state index contributed by atoms with van der Waals surface area (Å²) in [6, 6.07) is 2.18. The van der Waals surface area contributed by atoms with Crippen LogP contribution in [0.15, 0.2) is 24.3 Å². The van der Waals surface area contributed by atoms with Gasteiger partial charge >= 0.3 is 18.2 Å². The molecule has 0 aliphatic carbocycles. The first-order valence-corrected chi connectivity index (χ1v) is 5.57. The van der Waals surface area contributed by atoms with Gasteiger partial charge in [0.05, 0.1) is 5.56 Å². The largest absolute Gasteiger partial charge is 0.480 e. The van der Waals surface area contributed by atoms with E-state index in [1.54, 1.807) is 0 Å². The fraction of sp³-hybridized carbons (Fsp3) is 0.333. The molecule has 2 amide bonds. The normalized spacial score (nSPS) is 12.7. The first kappa shape index (κ1) is 15.8. The predicted molar refractivity (Wildman–Crippen MR) is 65.3 cm³/mol. The fourth-order valence-corrected chi connectivity index (χ4v) is 1.33. The number of benzene rings is 1. The Labute approximate surface area is 113 Å². The van der Waals surface area contributed by atoms with Gasteiger partial charge in [0.25, 0.3) is 0 Å². The number of aliphatic carboxylic acids is 1. The van der Waals surface area contributed by atoms with Crippen molar-refractivity contribution in [1.29, 1.82) is 0 Å². The SMILES string of the molecule is CC(C(=O)O)N(C)C(=O)Nc1cccc(C(F)(F)F)c1. The lowest BCUT2D eigenvalue weighted by molar-refractivity contribution is -0.141. The van der Waals surface area contributed by atoms with Gasteiger partial charge in [0, 0.05) is 12.7 Å². The van der Waals surface area contributed by atoms with Crippen molar-refractivity contribution in [2.24, 2.45) is 0 Å². The zero-order valence-electron chi connectivity index (χ0n) is 10.7. The van der Waals surface area contributed by atoms with Crippen LogP contribution in [-0.2, 0) is 11.0 Å². The Morgan fingerprint density at radius 3 is 2.45 bits per heavy atom. The van der Waals surface area contributed by atoms with Crippen molar-refractivity contribution in [1.82, 2.24) is 4.90 Å². The first-order valence-electron chi connectivity index (χ1n) is 5.57. The van der Waals surface area contributed by atoms with Gasteiger partial charge in [-0.3, -0.25) is 0 Å². The van der Waals surface area contributed by atoms with Gasteiger partial charge in [-0.2, -0.15) is 13.2 Å². The zero-order valence-corrected chi connectivity index (χ0v) is 10.7. The lowest BCUT2D eigenvalue weighted by Gasteiger charge is -2.22. The van der Waals surface area contributed by atoms with Crippen LogP contribution in [0.5, 0.6) is 0 Å². The lowest BCUT2D eigenvalue weighted by Crippen LogP contribution is -2.42. The van der Waals surface area contributed by atoms with Gasteiger partial charge in [0.1, 0.15) is 6.04 Å². The third-order valence-electron chi connectivity index (χ3n) is 2.70. The summed E-state index contributed by atoms with van der Waals surface area (Å²) in [5, 5.41) is 11.0. The van der Waals surface area contributed by atoms with E-state index in [4.69, 9.17) is 5.11 Å². The highest BCUT2D eigenvalue weighted by Crippen LogP contribution is 2.30. The molecule has 0 aliphatic rings.